The van der Waals surface area contributed by atoms with Crippen LogP contribution in [0.25, 0.3) is 0 Å². The topological polar surface area (TPSA) is 65.7 Å². The van der Waals surface area contributed by atoms with Crippen LogP contribution in [-0.2, 0) is 19.2 Å². The van der Waals surface area contributed by atoms with Gasteiger partial charge in [-0.1, -0.05) is 29.8 Å². The van der Waals surface area contributed by atoms with Crippen LogP contribution in [0.15, 0.2) is 41.7 Å². The minimum absolute atomic E-state index is 0. The van der Waals surface area contributed by atoms with E-state index in [2.05, 4.69) is 15.3 Å². The molecule has 0 aliphatic heterocycles. The van der Waals surface area contributed by atoms with Gasteiger partial charge < -0.3 is 19.9 Å². The number of nitrogens with zero attached hydrogens (tertiary/aromatic N) is 4. The third-order valence-corrected chi connectivity index (χ3v) is 4.83. The number of hydrogen-bond acceptors (Lipinski definition) is 3. The third kappa shape index (κ3) is 6.24. The van der Waals surface area contributed by atoms with Crippen molar-refractivity contribution in [2.75, 3.05) is 20.1 Å². The largest absolute Gasteiger partial charge is 0.424 e. The highest BCUT2D eigenvalue weighted by Crippen LogP contribution is 2.40. The van der Waals surface area contributed by atoms with E-state index in [1.807, 2.05) is 25.1 Å². The average molecular weight is 560 g/mol. The van der Waals surface area contributed by atoms with Gasteiger partial charge in [-0.2, -0.15) is 13.2 Å². The monoisotopic (exact) mass is 559 g/mol. The van der Waals surface area contributed by atoms with Crippen LogP contribution in [0.5, 0.6) is 0 Å². The van der Waals surface area contributed by atoms with Gasteiger partial charge in [-0.25, -0.2) is 4.98 Å². The predicted molar refractivity (Wildman–Crippen MR) is 122 cm³/mol. The molecule has 0 saturated carbocycles. The number of rotatable bonds is 7. The van der Waals surface area contributed by atoms with E-state index in [4.69, 9.17) is 11.6 Å². The van der Waals surface area contributed by atoms with Gasteiger partial charge in [0.2, 0.25) is 5.60 Å². The Hall–Kier alpha value is -1.53. The second-order valence-electron chi connectivity index (χ2n) is 6.65. The normalized spacial score (nSPS) is 14.1. The van der Waals surface area contributed by atoms with E-state index in [9.17, 15) is 18.3 Å². The molecule has 1 atom stereocenters. The summed E-state index contributed by atoms with van der Waals surface area (Å²) in [6, 6.07) is 7.31. The molecule has 0 bridgehead atoms. The zero-order valence-corrected chi connectivity index (χ0v) is 20.0. The first-order chi connectivity index (χ1) is 13.6. The molecule has 1 unspecified atom stereocenters. The number of imidazole rings is 1. The number of aliphatic hydroxyl groups is 1. The lowest BCUT2D eigenvalue weighted by atomic mass is 9.98. The van der Waals surface area contributed by atoms with Crippen molar-refractivity contribution in [1.82, 2.24) is 19.8 Å². The molecule has 11 heteroatoms. The molecule has 0 radical (unpaired) electrons. The fraction of sp³-hybridized carbons (Fsp3) is 0.474. The smallest absolute Gasteiger partial charge is 0.374 e. The molecule has 30 heavy (non-hydrogen) atoms. The Morgan fingerprint density at radius 3 is 2.53 bits per heavy atom. The summed E-state index contributed by atoms with van der Waals surface area (Å²) in [7, 11) is 3.17. The fourth-order valence-corrected chi connectivity index (χ4v) is 3.09. The minimum Gasteiger partial charge on any atom is -0.374 e. The van der Waals surface area contributed by atoms with Crippen molar-refractivity contribution >= 4 is 41.5 Å². The highest BCUT2D eigenvalue weighted by Gasteiger charge is 2.57. The Morgan fingerprint density at radius 1 is 1.33 bits per heavy atom. The average Bonchev–Trinajstić information content (AvgIpc) is 3.08. The van der Waals surface area contributed by atoms with Crippen LogP contribution in [0.3, 0.4) is 0 Å². The highest BCUT2D eigenvalue weighted by molar-refractivity contribution is 14.0. The van der Waals surface area contributed by atoms with E-state index in [1.54, 1.807) is 18.0 Å². The summed E-state index contributed by atoms with van der Waals surface area (Å²) in [6.45, 7) is 2.57. The highest BCUT2D eigenvalue weighted by atomic mass is 127. The molecule has 0 aliphatic carbocycles. The molecule has 6 nitrogen and oxygen atoms in total. The molecule has 0 aliphatic rings. The molecule has 0 spiro atoms. The molecular weight excluding hydrogens is 534 g/mol. The van der Waals surface area contributed by atoms with Crippen LogP contribution in [0.2, 0.25) is 5.02 Å². The summed E-state index contributed by atoms with van der Waals surface area (Å²) in [6.07, 6.45) is -2.97. The van der Waals surface area contributed by atoms with Gasteiger partial charge >= 0.3 is 6.18 Å². The van der Waals surface area contributed by atoms with Gasteiger partial charge in [-0.15, -0.1) is 24.0 Å². The number of aromatic nitrogens is 2. The van der Waals surface area contributed by atoms with E-state index in [1.165, 1.54) is 19.4 Å². The number of hydrogen-bond donors (Lipinski definition) is 2. The fourth-order valence-electron chi connectivity index (χ4n) is 2.89. The second-order valence-corrected chi connectivity index (χ2v) is 7.06. The first-order valence-corrected chi connectivity index (χ1v) is 9.47. The summed E-state index contributed by atoms with van der Waals surface area (Å²) in [5, 5.41) is 14.0. The number of aryl methyl sites for hydroxylation is 1. The lowest BCUT2D eigenvalue weighted by molar-refractivity contribution is -0.272. The Kier molecular flexibility index (Phi) is 9.89. The molecular formula is C19H26ClF3IN5O. The van der Waals surface area contributed by atoms with Crippen LogP contribution in [0.4, 0.5) is 13.2 Å². The molecule has 168 valence electrons. The zero-order valence-electron chi connectivity index (χ0n) is 16.9. The Bertz CT molecular complexity index is 846. The summed E-state index contributed by atoms with van der Waals surface area (Å²) in [5.41, 5.74) is -2.23. The summed E-state index contributed by atoms with van der Waals surface area (Å²) in [5.74, 6) is -0.0496. The van der Waals surface area contributed by atoms with Crippen LogP contribution in [-0.4, -0.2) is 51.8 Å². The lowest BCUT2D eigenvalue weighted by Gasteiger charge is -2.29. The number of alkyl halides is 3. The standard InChI is InChI=1S/C19H25ClF3N5O.HI/c1-4-24-17(28(3)13-14-7-5-6-8-15(14)20)26-10-9-18(29,19(21,22)23)16-25-11-12-27(16)2;/h5-8,11-12,29H,4,9-10,13H2,1-3H3,(H,24,26);1H. The van der Waals surface area contributed by atoms with E-state index in [0.29, 0.717) is 24.1 Å². The van der Waals surface area contributed by atoms with Gasteiger partial charge in [-0.3, -0.25) is 4.99 Å². The van der Waals surface area contributed by atoms with Gasteiger partial charge in [0, 0.05) is 57.6 Å². The van der Waals surface area contributed by atoms with Gasteiger partial charge in [0.05, 0.1) is 0 Å². The number of aliphatic imine (C=N–C) groups is 1. The maximum atomic E-state index is 13.6. The van der Waals surface area contributed by atoms with Crippen LogP contribution in [0.1, 0.15) is 24.7 Å². The summed E-state index contributed by atoms with van der Waals surface area (Å²) in [4.78, 5) is 9.72. The first kappa shape index (κ1) is 26.5. The Morgan fingerprint density at radius 2 is 2.00 bits per heavy atom. The molecule has 0 fully saturated rings. The number of guanidine groups is 1. The summed E-state index contributed by atoms with van der Waals surface area (Å²) < 4.78 is 42.0. The molecule has 1 aromatic carbocycles. The van der Waals surface area contributed by atoms with E-state index in [0.717, 1.165) is 10.1 Å². The molecule has 2 aromatic rings. The molecule has 0 amide bonds. The van der Waals surface area contributed by atoms with Crippen LogP contribution in [0, 0.1) is 0 Å². The Labute approximate surface area is 196 Å². The molecule has 1 heterocycles. The molecule has 1 aromatic heterocycles. The zero-order chi connectivity index (χ0) is 21.7. The van der Waals surface area contributed by atoms with Crippen molar-refractivity contribution in [2.24, 2.45) is 12.0 Å². The van der Waals surface area contributed by atoms with Gasteiger partial charge in [0.15, 0.2) is 5.96 Å². The summed E-state index contributed by atoms with van der Waals surface area (Å²) >= 11 is 6.18. The minimum atomic E-state index is -4.89. The lowest BCUT2D eigenvalue weighted by Crippen LogP contribution is -2.45. The van der Waals surface area contributed by atoms with Gasteiger partial charge in [-0.05, 0) is 18.6 Å². The maximum Gasteiger partial charge on any atom is 0.424 e. The van der Waals surface area contributed by atoms with Gasteiger partial charge in [0.25, 0.3) is 0 Å². The quantitative estimate of drug-likeness (QED) is 0.307. The number of halogens is 5. The van der Waals surface area contributed by atoms with Crippen molar-refractivity contribution in [2.45, 2.75) is 31.7 Å². The van der Waals surface area contributed by atoms with Crippen molar-refractivity contribution < 1.29 is 18.3 Å². The van der Waals surface area contributed by atoms with Crippen molar-refractivity contribution in [3.8, 4) is 0 Å². The van der Waals surface area contributed by atoms with Crippen molar-refractivity contribution in [1.29, 1.82) is 0 Å². The van der Waals surface area contributed by atoms with Crippen molar-refractivity contribution in [3.05, 3.63) is 53.1 Å². The molecule has 2 rings (SSSR count). The Balaban J connectivity index is 0.00000450. The van der Waals surface area contributed by atoms with Crippen LogP contribution < -0.4 is 5.32 Å². The predicted octanol–water partition coefficient (Wildman–Crippen LogP) is 3.93. The van der Waals surface area contributed by atoms with E-state index in [-0.39, 0.29) is 30.5 Å². The second kappa shape index (κ2) is 11.2. The SMILES string of the molecule is CCNC(=NCCC(O)(c1nccn1C)C(F)(F)F)N(C)Cc1ccccc1Cl.I. The van der Waals surface area contributed by atoms with Crippen LogP contribution >= 0.6 is 35.6 Å². The van der Waals surface area contributed by atoms with Gasteiger partial charge in [0.1, 0.15) is 5.82 Å². The van der Waals surface area contributed by atoms with Crippen molar-refractivity contribution in [3.63, 3.8) is 0 Å². The van der Waals surface area contributed by atoms with E-state index >= 15 is 0 Å². The number of nitrogens with one attached hydrogen (secondary N) is 1. The first-order valence-electron chi connectivity index (χ1n) is 9.10. The molecule has 2 N–H and O–H groups in total. The third-order valence-electron chi connectivity index (χ3n) is 4.46. The maximum absolute atomic E-state index is 13.6. The number of benzene rings is 1. The molecule has 0 saturated heterocycles. The van der Waals surface area contributed by atoms with E-state index < -0.39 is 24.0 Å².